The number of aromatic nitrogens is 2. The number of rotatable bonds is 5. The molecule has 0 bridgehead atoms. The zero-order valence-electron chi connectivity index (χ0n) is 10.8. The second-order valence-corrected chi connectivity index (χ2v) is 6.03. The number of amides is 1. The van der Waals surface area contributed by atoms with Gasteiger partial charge in [-0.2, -0.15) is 0 Å². The van der Waals surface area contributed by atoms with Crippen LogP contribution in [0, 0.1) is 0 Å². The van der Waals surface area contributed by atoms with E-state index in [2.05, 4.69) is 20.0 Å². The Bertz CT molecular complexity index is 730. The Morgan fingerprint density at radius 3 is 2.85 bits per heavy atom. The maximum Gasteiger partial charge on any atom is 0.252 e. The van der Waals surface area contributed by atoms with Crippen molar-refractivity contribution in [2.45, 2.75) is 0 Å². The minimum atomic E-state index is -3.24. The molecule has 8 heteroatoms. The minimum absolute atomic E-state index is 0.146. The van der Waals surface area contributed by atoms with Gasteiger partial charge in [0, 0.05) is 30.9 Å². The predicted molar refractivity (Wildman–Crippen MR) is 74.7 cm³/mol. The van der Waals surface area contributed by atoms with E-state index in [0.717, 1.165) is 11.6 Å². The fourth-order valence-electron chi connectivity index (χ4n) is 1.60. The van der Waals surface area contributed by atoms with E-state index in [1.807, 2.05) is 6.07 Å². The topological polar surface area (TPSA) is 101 Å². The van der Waals surface area contributed by atoms with E-state index in [1.54, 1.807) is 18.3 Å². The first-order valence-corrected chi connectivity index (χ1v) is 7.78. The van der Waals surface area contributed by atoms with Crippen molar-refractivity contribution in [2.24, 2.45) is 0 Å². The number of carbonyl (C=O) groups is 1. The summed E-state index contributed by atoms with van der Waals surface area (Å²) in [5.41, 5.74) is 0.979. The Hall–Kier alpha value is -2.06. The summed E-state index contributed by atoms with van der Waals surface area (Å²) in [6.45, 7) is 0.351. The SMILES string of the molecule is CS(=O)(=O)NCCNC(=O)c1cnc2ncccc2c1. The Balaban J connectivity index is 1.97. The van der Waals surface area contributed by atoms with E-state index in [-0.39, 0.29) is 19.0 Å². The lowest BCUT2D eigenvalue weighted by atomic mass is 10.2. The van der Waals surface area contributed by atoms with Crippen LogP contribution in [0.5, 0.6) is 0 Å². The number of fused-ring (bicyclic) bond motifs is 1. The molecule has 0 saturated carbocycles. The molecule has 0 aliphatic rings. The molecule has 2 N–H and O–H groups in total. The zero-order chi connectivity index (χ0) is 14.6. The molecule has 0 aromatic carbocycles. The molecule has 2 aromatic heterocycles. The Labute approximate surface area is 116 Å². The zero-order valence-corrected chi connectivity index (χ0v) is 11.6. The lowest BCUT2D eigenvalue weighted by Gasteiger charge is -2.06. The average molecular weight is 294 g/mol. The Morgan fingerprint density at radius 2 is 2.10 bits per heavy atom. The van der Waals surface area contributed by atoms with Crippen LogP contribution in [0.15, 0.2) is 30.6 Å². The molecule has 0 unspecified atom stereocenters. The molecule has 1 amide bonds. The molecule has 20 heavy (non-hydrogen) atoms. The fraction of sp³-hybridized carbons (Fsp3) is 0.250. The maximum atomic E-state index is 11.9. The van der Waals surface area contributed by atoms with Crippen LogP contribution in [0.2, 0.25) is 0 Å². The Morgan fingerprint density at radius 1 is 1.30 bits per heavy atom. The number of nitrogens with zero attached hydrogens (tertiary/aromatic N) is 2. The highest BCUT2D eigenvalue weighted by Crippen LogP contribution is 2.09. The highest BCUT2D eigenvalue weighted by Gasteiger charge is 2.07. The van der Waals surface area contributed by atoms with Crippen LogP contribution in [-0.2, 0) is 10.0 Å². The van der Waals surface area contributed by atoms with Gasteiger partial charge in [-0.1, -0.05) is 0 Å². The molecule has 0 radical (unpaired) electrons. The summed E-state index contributed by atoms with van der Waals surface area (Å²) >= 11 is 0. The van der Waals surface area contributed by atoms with Gasteiger partial charge >= 0.3 is 0 Å². The maximum absolute atomic E-state index is 11.9. The van der Waals surface area contributed by atoms with Crippen LogP contribution in [0.3, 0.4) is 0 Å². The smallest absolute Gasteiger partial charge is 0.252 e. The van der Waals surface area contributed by atoms with Gasteiger partial charge in [0.1, 0.15) is 0 Å². The number of carbonyl (C=O) groups excluding carboxylic acids is 1. The van der Waals surface area contributed by atoms with Gasteiger partial charge in [-0.3, -0.25) is 4.79 Å². The van der Waals surface area contributed by atoms with Crippen molar-refractivity contribution in [3.63, 3.8) is 0 Å². The molecule has 106 valence electrons. The van der Waals surface area contributed by atoms with Crippen molar-refractivity contribution in [2.75, 3.05) is 19.3 Å². The van der Waals surface area contributed by atoms with Crippen molar-refractivity contribution in [1.82, 2.24) is 20.0 Å². The van der Waals surface area contributed by atoms with Crippen molar-refractivity contribution in [3.8, 4) is 0 Å². The monoisotopic (exact) mass is 294 g/mol. The van der Waals surface area contributed by atoms with Gasteiger partial charge in [0.05, 0.1) is 11.8 Å². The molecular formula is C12H14N4O3S. The number of sulfonamides is 1. The molecule has 0 fully saturated rings. The third-order valence-electron chi connectivity index (χ3n) is 2.49. The van der Waals surface area contributed by atoms with Crippen LogP contribution in [0.1, 0.15) is 10.4 Å². The van der Waals surface area contributed by atoms with Crippen LogP contribution in [0.25, 0.3) is 11.0 Å². The fourth-order valence-corrected chi connectivity index (χ4v) is 2.08. The first-order valence-electron chi connectivity index (χ1n) is 5.89. The summed E-state index contributed by atoms with van der Waals surface area (Å²) in [7, 11) is -3.24. The number of hydrogen-bond acceptors (Lipinski definition) is 5. The van der Waals surface area contributed by atoms with Crippen molar-refractivity contribution < 1.29 is 13.2 Å². The van der Waals surface area contributed by atoms with Crippen molar-refractivity contribution in [1.29, 1.82) is 0 Å². The van der Waals surface area contributed by atoms with Gasteiger partial charge in [-0.25, -0.2) is 23.1 Å². The van der Waals surface area contributed by atoms with E-state index in [4.69, 9.17) is 0 Å². The first-order chi connectivity index (χ1) is 9.46. The first kappa shape index (κ1) is 14.4. The highest BCUT2D eigenvalue weighted by molar-refractivity contribution is 7.88. The van der Waals surface area contributed by atoms with Crippen LogP contribution >= 0.6 is 0 Å². The second-order valence-electron chi connectivity index (χ2n) is 4.20. The third-order valence-corrected chi connectivity index (χ3v) is 3.22. The molecule has 0 saturated heterocycles. The molecule has 2 rings (SSSR count). The average Bonchev–Trinajstić information content (AvgIpc) is 2.42. The summed E-state index contributed by atoms with van der Waals surface area (Å²) < 4.78 is 24.0. The highest BCUT2D eigenvalue weighted by atomic mass is 32.2. The molecule has 0 aliphatic carbocycles. The lowest BCUT2D eigenvalue weighted by Crippen LogP contribution is -2.34. The quantitative estimate of drug-likeness (QED) is 0.750. The minimum Gasteiger partial charge on any atom is -0.351 e. The van der Waals surface area contributed by atoms with Gasteiger partial charge in [-0.15, -0.1) is 0 Å². The van der Waals surface area contributed by atoms with E-state index in [9.17, 15) is 13.2 Å². The molecule has 0 aliphatic heterocycles. The van der Waals surface area contributed by atoms with E-state index >= 15 is 0 Å². The molecule has 0 spiro atoms. The number of nitrogens with one attached hydrogen (secondary N) is 2. The molecule has 0 atom stereocenters. The van der Waals surface area contributed by atoms with Crippen LogP contribution < -0.4 is 10.0 Å². The van der Waals surface area contributed by atoms with Crippen LogP contribution in [-0.4, -0.2) is 43.6 Å². The summed E-state index contributed by atoms with van der Waals surface area (Å²) in [5, 5.41) is 3.38. The van der Waals surface area contributed by atoms with Gasteiger partial charge < -0.3 is 5.32 Å². The van der Waals surface area contributed by atoms with E-state index in [1.165, 1.54) is 6.20 Å². The van der Waals surface area contributed by atoms with Gasteiger partial charge in [-0.05, 0) is 18.2 Å². The predicted octanol–water partition coefficient (Wildman–Crippen LogP) is -0.0912. The third kappa shape index (κ3) is 3.97. The van der Waals surface area contributed by atoms with E-state index in [0.29, 0.717) is 11.2 Å². The van der Waals surface area contributed by atoms with Crippen molar-refractivity contribution in [3.05, 3.63) is 36.2 Å². The van der Waals surface area contributed by atoms with Gasteiger partial charge in [0.2, 0.25) is 10.0 Å². The second kappa shape index (κ2) is 5.93. The van der Waals surface area contributed by atoms with Gasteiger partial charge in [0.15, 0.2) is 5.65 Å². The number of hydrogen-bond donors (Lipinski definition) is 2. The normalized spacial score (nSPS) is 11.4. The van der Waals surface area contributed by atoms with Gasteiger partial charge in [0.25, 0.3) is 5.91 Å². The summed E-state index contributed by atoms with van der Waals surface area (Å²) in [6, 6.07) is 5.27. The largest absolute Gasteiger partial charge is 0.351 e. The van der Waals surface area contributed by atoms with Crippen LogP contribution in [0.4, 0.5) is 0 Å². The number of pyridine rings is 2. The van der Waals surface area contributed by atoms with Crippen molar-refractivity contribution >= 4 is 27.0 Å². The summed E-state index contributed by atoms with van der Waals surface area (Å²) in [5.74, 6) is -0.307. The molecule has 2 heterocycles. The lowest BCUT2D eigenvalue weighted by molar-refractivity contribution is 0.0954. The summed E-state index contributed by atoms with van der Waals surface area (Å²) in [6.07, 6.45) is 4.13. The summed E-state index contributed by atoms with van der Waals surface area (Å²) in [4.78, 5) is 20.0. The molecular weight excluding hydrogens is 280 g/mol. The molecule has 7 nitrogen and oxygen atoms in total. The standard InChI is InChI=1S/C12H14N4O3S/c1-20(18,19)16-6-5-14-12(17)10-7-9-3-2-4-13-11(9)15-8-10/h2-4,7-8,16H,5-6H2,1H3,(H,14,17). The molecule has 2 aromatic rings. The Kier molecular flexibility index (Phi) is 4.26. The van der Waals surface area contributed by atoms with E-state index < -0.39 is 10.0 Å².